The second-order valence-corrected chi connectivity index (χ2v) is 9.88. The molecule has 0 saturated heterocycles. The molecule has 1 fully saturated rings. The van der Waals surface area contributed by atoms with E-state index < -0.39 is 17.9 Å². The molecule has 1 aromatic heterocycles. The average molecular weight is 552 g/mol. The molecule has 0 radical (unpaired) electrons. The van der Waals surface area contributed by atoms with Crippen molar-refractivity contribution in [3.8, 4) is 11.5 Å². The van der Waals surface area contributed by atoms with Crippen molar-refractivity contribution in [1.29, 1.82) is 0 Å². The van der Waals surface area contributed by atoms with Gasteiger partial charge in [-0.3, -0.25) is 19.3 Å². The summed E-state index contributed by atoms with van der Waals surface area (Å²) in [6.07, 6.45) is 3.80. The van der Waals surface area contributed by atoms with Crippen LogP contribution in [0.3, 0.4) is 0 Å². The molecule has 4 rings (SSSR count). The Kier molecular flexibility index (Phi) is 9.03. The van der Waals surface area contributed by atoms with E-state index in [1.165, 1.54) is 4.90 Å². The quantitative estimate of drug-likeness (QED) is 0.325. The van der Waals surface area contributed by atoms with E-state index in [1.807, 2.05) is 13.8 Å². The van der Waals surface area contributed by atoms with Crippen LogP contribution in [0.1, 0.15) is 71.3 Å². The van der Waals surface area contributed by atoms with Crippen LogP contribution in [0.4, 0.5) is 11.4 Å². The number of carbonyl (C=O) groups excluding carboxylic acids is 3. The van der Waals surface area contributed by atoms with E-state index in [1.54, 1.807) is 48.5 Å². The SMILES string of the molecule is CCOc1ccc([C@H](C(=O)NC2CCCC2)N(C(=O)c2snc(C(N)=O)c2N)c2ccccc2OCC)cc1. The number of nitrogens with two attached hydrogens (primary N) is 2. The summed E-state index contributed by atoms with van der Waals surface area (Å²) >= 11 is 0.762. The first-order valence-corrected chi connectivity index (χ1v) is 13.8. The number of hydrogen-bond acceptors (Lipinski definition) is 8. The third-order valence-electron chi connectivity index (χ3n) is 6.51. The zero-order valence-corrected chi connectivity index (χ0v) is 22.8. The van der Waals surface area contributed by atoms with Crippen molar-refractivity contribution in [2.75, 3.05) is 23.8 Å². The van der Waals surface area contributed by atoms with Gasteiger partial charge in [0.2, 0.25) is 5.91 Å². The molecular formula is C28H33N5O5S. The third-order valence-corrected chi connectivity index (χ3v) is 7.36. The molecule has 11 heteroatoms. The van der Waals surface area contributed by atoms with Crippen molar-refractivity contribution in [1.82, 2.24) is 9.69 Å². The minimum absolute atomic E-state index is 0.000274. The first-order valence-electron chi connectivity index (χ1n) is 13.0. The van der Waals surface area contributed by atoms with Gasteiger partial charge in [0, 0.05) is 6.04 Å². The van der Waals surface area contributed by atoms with Gasteiger partial charge in [-0.05, 0) is 68.1 Å². The molecule has 0 unspecified atom stereocenters. The molecule has 1 atom stereocenters. The minimum atomic E-state index is -1.09. The van der Waals surface area contributed by atoms with Gasteiger partial charge in [0.15, 0.2) is 5.69 Å². The number of amides is 3. The molecule has 1 heterocycles. The molecule has 3 amide bonds. The van der Waals surface area contributed by atoms with Crippen LogP contribution in [-0.2, 0) is 4.79 Å². The molecule has 0 spiro atoms. The molecule has 39 heavy (non-hydrogen) atoms. The average Bonchev–Trinajstić information content (AvgIpc) is 3.58. The van der Waals surface area contributed by atoms with E-state index in [4.69, 9.17) is 20.9 Å². The summed E-state index contributed by atoms with van der Waals surface area (Å²) in [5.74, 6) is -0.738. The van der Waals surface area contributed by atoms with Crippen LogP contribution in [0, 0.1) is 0 Å². The zero-order chi connectivity index (χ0) is 27.9. The van der Waals surface area contributed by atoms with Crippen LogP contribution >= 0.6 is 11.5 Å². The normalized spacial score (nSPS) is 14.0. The van der Waals surface area contributed by atoms with Gasteiger partial charge in [0.05, 0.1) is 24.6 Å². The number of para-hydroxylation sites is 2. The third kappa shape index (κ3) is 6.14. The summed E-state index contributed by atoms with van der Waals surface area (Å²) in [5.41, 5.74) is 12.2. The molecule has 0 aliphatic heterocycles. The van der Waals surface area contributed by atoms with Gasteiger partial charge in [-0.15, -0.1) is 0 Å². The molecule has 1 aliphatic rings. The molecule has 5 N–H and O–H groups in total. The van der Waals surface area contributed by atoms with Crippen LogP contribution < -0.4 is 31.2 Å². The Labute approximate surface area is 231 Å². The van der Waals surface area contributed by atoms with Crippen LogP contribution in [0.25, 0.3) is 0 Å². The van der Waals surface area contributed by atoms with Crippen molar-refractivity contribution in [2.24, 2.45) is 5.73 Å². The number of nitrogen functional groups attached to an aromatic ring is 1. The molecule has 10 nitrogen and oxygen atoms in total. The fraction of sp³-hybridized carbons (Fsp3) is 0.357. The monoisotopic (exact) mass is 551 g/mol. The van der Waals surface area contributed by atoms with Crippen LogP contribution in [0.5, 0.6) is 11.5 Å². The Balaban J connectivity index is 1.88. The predicted molar refractivity (Wildman–Crippen MR) is 150 cm³/mol. The van der Waals surface area contributed by atoms with Crippen molar-refractivity contribution in [3.05, 3.63) is 64.7 Å². The van der Waals surface area contributed by atoms with E-state index in [-0.39, 0.29) is 28.2 Å². The lowest BCUT2D eigenvalue weighted by Gasteiger charge is -2.33. The molecule has 1 saturated carbocycles. The number of primary amides is 1. The summed E-state index contributed by atoms with van der Waals surface area (Å²) in [5, 5.41) is 3.14. The van der Waals surface area contributed by atoms with Crippen LogP contribution in [0.2, 0.25) is 0 Å². The lowest BCUT2D eigenvalue weighted by atomic mass is 10.0. The van der Waals surface area contributed by atoms with Gasteiger partial charge >= 0.3 is 0 Å². The molecule has 206 valence electrons. The predicted octanol–water partition coefficient (Wildman–Crippen LogP) is 4.07. The Hall–Kier alpha value is -4.12. The number of nitrogens with one attached hydrogen (secondary N) is 1. The van der Waals surface area contributed by atoms with Crippen LogP contribution in [0.15, 0.2) is 48.5 Å². The lowest BCUT2D eigenvalue weighted by Crippen LogP contribution is -2.46. The molecule has 3 aromatic rings. The number of carbonyl (C=O) groups is 3. The second-order valence-electron chi connectivity index (χ2n) is 9.11. The largest absolute Gasteiger partial charge is 0.494 e. The number of benzene rings is 2. The Morgan fingerprint density at radius 1 is 1.05 bits per heavy atom. The summed E-state index contributed by atoms with van der Waals surface area (Å²) in [6.45, 7) is 4.55. The van der Waals surface area contributed by atoms with Crippen molar-refractivity contribution in [2.45, 2.75) is 51.6 Å². The van der Waals surface area contributed by atoms with E-state index in [0.717, 1.165) is 37.2 Å². The molecule has 0 bridgehead atoms. The van der Waals surface area contributed by atoms with E-state index in [2.05, 4.69) is 9.69 Å². The highest BCUT2D eigenvalue weighted by Crippen LogP contribution is 2.38. The number of hydrogen-bond donors (Lipinski definition) is 3. The highest BCUT2D eigenvalue weighted by Gasteiger charge is 2.38. The van der Waals surface area contributed by atoms with E-state index in [0.29, 0.717) is 36.0 Å². The van der Waals surface area contributed by atoms with E-state index in [9.17, 15) is 14.4 Å². The van der Waals surface area contributed by atoms with Gasteiger partial charge in [0.1, 0.15) is 22.4 Å². The van der Waals surface area contributed by atoms with Gasteiger partial charge < -0.3 is 26.3 Å². The Morgan fingerprint density at radius 3 is 2.33 bits per heavy atom. The highest BCUT2D eigenvalue weighted by molar-refractivity contribution is 7.09. The van der Waals surface area contributed by atoms with Gasteiger partial charge in [-0.1, -0.05) is 37.1 Å². The maximum Gasteiger partial charge on any atom is 0.273 e. The van der Waals surface area contributed by atoms with Gasteiger partial charge in [-0.2, -0.15) is 4.37 Å². The second kappa shape index (κ2) is 12.6. The number of ether oxygens (including phenoxy) is 2. The summed E-state index contributed by atoms with van der Waals surface area (Å²) in [4.78, 5) is 41.5. The molecule has 1 aliphatic carbocycles. The smallest absolute Gasteiger partial charge is 0.273 e. The fourth-order valence-electron chi connectivity index (χ4n) is 4.72. The number of nitrogens with zero attached hydrogens (tertiary/aromatic N) is 2. The maximum absolute atomic E-state index is 14.3. The van der Waals surface area contributed by atoms with Crippen LogP contribution in [-0.4, -0.2) is 41.4 Å². The van der Waals surface area contributed by atoms with E-state index >= 15 is 0 Å². The highest BCUT2D eigenvalue weighted by atomic mass is 32.1. The maximum atomic E-state index is 14.3. The van der Waals surface area contributed by atoms with Gasteiger partial charge in [-0.25, -0.2) is 0 Å². The minimum Gasteiger partial charge on any atom is -0.494 e. The zero-order valence-electron chi connectivity index (χ0n) is 22.0. The summed E-state index contributed by atoms with van der Waals surface area (Å²) in [6, 6.07) is 13.0. The van der Waals surface area contributed by atoms with Gasteiger partial charge in [0.25, 0.3) is 11.8 Å². The lowest BCUT2D eigenvalue weighted by molar-refractivity contribution is -0.123. The topological polar surface area (TPSA) is 150 Å². The fourth-order valence-corrected chi connectivity index (χ4v) is 5.46. The van der Waals surface area contributed by atoms with Crippen molar-refractivity contribution in [3.63, 3.8) is 0 Å². The first-order chi connectivity index (χ1) is 18.8. The number of anilines is 2. The Morgan fingerprint density at radius 2 is 1.72 bits per heavy atom. The van der Waals surface area contributed by atoms with Crippen molar-refractivity contribution < 1.29 is 23.9 Å². The first kappa shape index (κ1) is 27.9. The Bertz CT molecular complexity index is 1320. The van der Waals surface area contributed by atoms with Crippen molar-refractivity contribution >= 4 is 40.6 Å². The molecule has 2 aromatic carbocycles. The number of aromatic nitrogens is 1. The number of rotatable bonds is 11. The summed E-state index contributed by atoms with van der Waals surface area (Å²) < 4.78 is 15.5. The molecular weight excluding hydrogens is 518 g/mol. The summed E-state index contributed by atoms with van der Waals surface area (Å²) in [7, 11) is 0. The standard InChI is InChI=1S/C28H33N5O5S/c1-3-37-19-15-13-17(14-16-19)24(27(35)31-18-9-5-6-10-18)33(20-11-7-8-12-21(20)38-4-2)28(36)25-22(29)23(26(30)34)32-39-25/h7-8,11-16,18,24H,3-6,9-10,29H2,1-2H3,(H2,30,34)(H,31,35)/t24-/m1/s1.